The van der Waals surface area contributed by atoms with E-state index in [4.69, 9.17) is 4.84 Å². The highest BCUT2D eigenvalue weighted by atomic mass is 16.6. The summed E-state index contributed by atoms with van der Waals surface area (Å²) < 4.78 is 0. The summed E-state index contributed by atoms with van der Waals surface area (Å²) in [5.74, 6) is -0.156. The molecule has 2 amide bonds. The third-order valence-electron chi connectivity index (χ3n) is 3.59. The van der Waals surface area contributed by atoms with Gasteiger partial charge in [0.05, 0.1) is 6.61 Å². The topological polar surface area (TPSA) is 78.9 Å². The van der Waals surface area contributed by atoms with E-state index in [0.717, 1.165) is 18.4 Å². The Morgan fingerprint density at radius 1 is 1.12 bits per heavy atom. The van der Waals surface area contributed by atoms with Crippen LogP contribution in [0.15, 0.2) is 30.3 Å². The Hall–Kier alpha value is -2.08. The average Bonchev–Trinajstić information content (AvgIpc) is 2.50. The lowest BCUT2D eigenvalue weighted by Crippen LogP contribution is -2.45. The maximum atomic E-state index is 11.7. The second kappa shape index (κ2) is 9.93. The summed E-state index contributed by atoms with van der Waals surface area (Å²) in [4.78, 5) is 29.4. The summed E-state index contributed by atoms with van der Waals surface area (Å²) in [5, 5.41) is 9.19. The smallest absolute Gasteiger partial charge is 0.407 e. The molecule has 24 heavy (non-hydrogen) atoms. The van der Waals surface area contributed by atoms with E-state index in [1.165, 1.54) is 4.90 Å². The van der Waals surface area contributed by atoms with Gasteiger partial charge in [0.25, 0.3) is 0 Å². The SMILES string of the molecule is CC(C)(C)N(CCCCCC(=O)NOCc1ccccc1)C(=O)O. The highest BCUT2D eigenvalue weighted by Crippen LogP contribution is 2.15. The monoisotopic (exact) mass is 336 g/mol. The van der Waals surface area contributed by atoms with Gasteiger partial charge in [-0.2, -0.15) is 0 Å². The van der Waals surface area contributed by atoms with Crippen molar-refractivity contribution in [3.8, 4) is 0 Å². The van der Waals surface area contributed by atoms with Crippen LogP contribution in [-0.4, -0.2) is 34.1 Å². The van der Waals surface area contributed by atoms with Gasteiger partial charge in [-0.15, -0.1) is 0 Å². The normalized spacial score (nSPS) is 11.1. The predicted octanol–water partition coefficient (Wildman–Crippen LogP) is 3.57. The summed E-state index contributed by atoms with van der Waals surface area (Å²) in [6.45, 7) is 6.44. The summed E-state index contributed by atoms with van der Waals surface area (Å²) in [6, 6.07) is 9.61. The lowest BCUT2D eigenvalue weighted by atomic mass is 10.1. The van der Waals surface area contributed by atoms with Gasteiger partial charge in [0.1, 0.15) is 0 Å². The highest BCUT2D eigenvalue weighted by Gasteiger charge is 2.25. The Morgan fingerprint density at radius 3 is 2.38 bits per heavy atom. The number of amides is 2. The number of carbonyl (C=O) groups is 2. The Balaban J connectivity index is 2.12. The number of hydrogen-bond donors (Lipinski definition) is 2. The van der Waals surface area contributed by atoms with Gasteiger partial charge in [0.15, 0.2) is 0 Å². The molecule has 1 rings (SSSR count). The number of carbonyl (C=O) groups excluding carboxylic acids is 1. The van der Waals surface area contributed by atoms with Crippen molar-refractivity contribution in [2.45, 2.75) is 58.6 Å². The van der Waals surface area contributed by atoms with Crippen molar-refractivity contribution in [2.24, 2.45) is 0 Å². The Kier molecular flexibility index (Phi) is 8.26. The van der Waals surface area contributed by atoms with E-state index in [-0.39, 0.29) is 5.91 Å². The van der Waals surface area contributed by atoms with Crippen LogP contribution in [0.5, 0.6) is 0 Å². The third-order valence-corrected chi connectivity index (χ3v) is 3.59. The Labute approximate surface area is 143 Å². The van der Waals surface area contributed by atoms with Crippen molar-refractivity contribution in [3.05, 3.63) is 35.9 Å². The molecule has 2 N–H and O–H groups in total. The zero-order valence-corrected chi connectivity index (χ0v) is 14.7. The number of hydrogen-bond acceptors (Lipinski definition) is 3. The van der Waals surface area contributed by atoms with Gasteiger partial charge in [0.2, 0.25) is 5.91 Å². The molecule has 0 saturated heterocycles. The highest BCUT2D eigenvalue weighted by molar-refractivity contribution is 5.74. The number of hydroxylamine groups is 1. The minimum atomic E-state index is -0.908. The van der Waals surface area contributed by atoms with Gasteiger partial charge in [-0.1, -0.05) is 36.8 Å². The lowest BCUT2D eigenvalue weighted by molar-refractivity contribution is -0.134. The zero-order valence-electron chi connectivity index (χ0n) is 14.7. The molecular weight excluding hydrogens is 308 g/mol. The van der Waals surface area contributed by atoms with Crippen LogP contribution in [-0.2, 0) is 16.2 Å². The average molecular weight is 336 g/mol. The van der Waals surface area contributed by atoms with E-state index in [1.807, 2.05) is 51.1 Å². The zero-order chi connectivity index (χ0) is 18.0. The molecule has 1 aromatic rings. The first-order valence-electron chi connectivity index (χ1n) is 8.26. The van der Waals surface area contributed by atoms with Crippen molar-refractivity contribution >= 4 is 12.0 Å². The molecule has 1 aromatic carbocycles. The first-order chi connectivity index (χ1) is 11.3. The second-order valence-electron chi connectivity index (χ2n) is 6.72. The lowest BCUT2D eigenvalue weighted by Gasteiger charge is -2.33. The van der Waals surface area contributed by atoms with Crippen molar-refractivity contribution < 1.29 is 19.5 Å². The molecule has 0 fully saturated rings. The number of nitrogens with zero attached hydrogens (tertiary/aromatic N) is 1. The van der Waals surface area contributed by atoms with E-state index < -0.39 is 11.6 Å². The summed E-state index contributed by atoms with van der Waals surface area (Å²) >= 11 is 0. The van der Waals surface area contributed by atoms with Crippen molar-refractivity contribution in [1.29, 1.82) is 0 Å². The standard InChI is InChI=1S/C18H28N2O4/c1-18(2,3)20(17(22)23)13-9-5-8-12-16(21)19-24-14-15-10-6-4-7-11-15/h4,6-7,10-11H,5,8-9,12-14H2,1-3H3,(H,19,21)(H,22,23). The minimum absolute atomic E-state index is 0.156. The van der Waals surface area contributed by atoms with Crippen LogP contribution in [0.4, 0.5) is 4.79 Å². The van der Waals surface area contributed by atoms with Crippen LogP contribution >= 0.6 is 0 Å². The van der Waals surface area contributed by atoms with Crippen LogP contribution in [0.2, 0.25) is 0 Å². The molecule has 0 aliphatic rings. The molecule has 0 aliphatic heterocycles. The van der Waals surface area contributed by atoms with Gasteiger partial charge >= 0.3 is 6.09 Å². The molecule has 0 bridgehead atoms. The molecule has 6 nitrogen and oxygen atoms in total. The molecule has 0 aliphatic carbocycles. The summed E-state index contributed by atoms with van der Waals surface area (Å²) in [5.41, 5.74) is 3.02. The van der Waals surface area contributed by atoms with Crippen LogP contribution < -0.4 is 5.48 Å². The van der Waals surface area contributed by atoms with Gasteiger partial charge in [-0.05, 0) is 39.2 Å². The minimum Gasteiger partial charge on any atom is -0.465 e. The van der Waals surface area contributed by atoms with Gasteiger partial charge in [-0.3, -0.25) is 9.63 Å². The second-order valence-corrected chi connectivity index (χ2v) is 6.72. The molecule has 0 unspecified atom stereocenters. The van der Waals surface area contributed by atoms with Crippen molar-refractivity contribution in [2.75, 3.05) is 6.54 Å². The molecule has 0 saturated carbocycles. The van der Waals surface area contributed by atoms with Crippen LogP contribution in [0.1, 0.15) is 52.0 Å². The molecule has 0 atom stereocenters. The largest absolute Gasteiger partial charge is 0.465 e. The number of benzene rings is 1. The fourth-order valence-electron chi connectivity index (χ4n) is 2.28. The number of rotatable bonds is 9. The van der Waals surface area contributed by atoms with Gasteiger partial charge in [-0.25, -0.2) is 10.3 Å². The van der Waals surface area contributed by atoms with E-state index in [2.05, 4.69) is 5.48 Å². The van der Waals surface area contributed by atoms with E-state index >= 15 is 0 Å². The van der Waals surface area contributed by atoms with Crippen LogP contribution in [0, 0.1) is 0 Å². The molecule has 0 spiro atoms. The van der Waals surface area contributed by atoms with E-state index in [9.17, 15) is 14.7 Å². The maximum Gasteiger partial charge on any atom is 0.407 e. The summed E-state index contributed by atoms with van der Waals surface area (Å²) in [7, 11) is 0. The number of nitrogens with one attached hydrogen (secondary N) is 1. The van der Waals surface area contributed by atoms with Crippen LogP contribution in [0.25, 0.3) is 0 Å². The molecule has 0 heterocycles. The first kappa shape index (κ1) is 20.0. The molecule has 0 radical (unpaired) electrons. The number of unbranched alkanes of at least 4 members (excludes halogenated alkanes) is 2. The Morgan fingerprint density at radius 2 is 1.79 bits per heavy atom. The van der Waals surface area contributed by atoms with Gasteiger partial charge in [0, 0.05) is 18.5 Å². The van der Waals surface area contributed by atoms with Crippen molar-refractivity contribution in [3.63, 3.8) is 0 Å². The predicted molar refractivity (Wildman–Crippen MR) is 92.3 cm³/mol. The van der Waals surface area contributed by atoms with Crippen molar-refractivity contribution in [1.82, 2.24) is 10.4 Å². The molecular formula is C18H28N2O4. The Bertz CT molecular complexity index is 512. The molecule has 0 aromatic heterocycles. The fraction of sp³-hybridized carbons (Fsp3) is 0.556. The van der Waals surface area contributed by atoms with Crippen LogP contribution in [0.3, 0.4) is 0 Å². The fourth-order valence-corrected chi connectivity index (χ4v) is 2.28. The van der Waals surface area contributed by atoms with E-state index in [0.29, 0.717) is 26.0 Å². The maximum absolute atomic E-state index is 11.7. The molecule has 134 valence electrons. The quantitative estimate of drug-likeness (QED) is 0.534. The number of carboxylic acid groups (broad SMARTS) is 1. The third kappa shape index (κ3) is 7.97. The van der Waals surface area contributed by atoms with E-state index in [1.54, 1.807) is 0 Å². The van der Waals surface area contributed by atoms with Gasteiger partial charge < -0.3 is 10.0 Å². The molecule has 6 heteroatoms. The first-order valence-corrected chi connectivity index (χ1v) is 8.26. The summed E-state index contributed by atoms with van der Waals surface area (Å²) in [6.07, 6.45) is 1.71.